The van der Waals surface area contributed by atoms with Crippen LogP contribution < -0.4 is 19.1 Å². The highest BCUT2D eigenvalue weighted by atomic mass is 35.5. The monoisotopic (exact) mass is 583 g/mol. The lowest BCUT2D eigenvalue weighted by Gasteiger charge is -2.24. The van der Waals surface area contributed by atoms with Crippen molar-refractivity contribution >= 4 is 57.6 Å². The smallest absolute Gasteiger partial charge is 0.302 e. The van der Waals surface area contributed by atoms with Gasteiger partial charge in [-0.05, 0) is 42.8 Å². The third-order valence-electron chi connectivity index (χ3n) is 6.44. The SMILES string of the molecule is CCOc1cc(C2/C(=C(\O)c3cc(Cl)c(OC)c(Cl)c3OC)C(=O)C(=O)N2c2nc3ccccc3[nH]2)ccc1O. The van der Waals surface area contributed by atoms with Gasteiger partial charge in [-0.15, -0.1) is 0 Å². The van der Waals surface area contributed by atoms with Crippen molar-refractivity contribution in [3.8, 4) is 23.0 Å². The average molecular weight is 584 g/mol. The van der Waals surface area contributed by atoms with E-state index >= 15 is 0 Å². The predicted octanol–water partition coefficient (Wildman–Crippen LogP) is 5.62. The summed E-state index contributed by atoms with van der Waals surface area (Å²) in [7, 11) is 2.69. The van der Waals surface area contributed by atoms with Gasteiger partial charge in [-0.1, -0.05) is 41.4 Å². The van der Waals surface area contributed by atoms with Crippen LogP contribution in [0.3, 0.4) is 0 Å². The molecular weight excluding hydrogens is 561 g/mol. The number of phenolic OH excluding ortho intramolecular Hbond substituents is 1. The first-order valence-corrected chi connectivity index (χ1v) is 12.8. The number of methoxy groups -OCH3 is 2. The number of H-pyrrole nitrogens is 1. The van der Waals surface area contributed by atoms with E-state index in [0.29, 0.717) is 16.6 Å². The highest BCUT2D eigenvalue weighted by Crippen LogP contribution is 2.48. The quantitative estimate of drug-likeness (QED) is 0.145. The highest BCUT2D eigenvalue weighted by Gasteiger charge is 2.49. The second-order valence-electron chi connectivity index (χ2n) is 8.69. The molecule has 1 amide bonds. The maximum Gasteiger partial charge on any atom is 0.302 e. The molecule has 40 heavy (non-hydrogen) atoms. The summed E-state index contributed by atoms with van der Waals surface area (Å²) in [5.41, 5.74) is 1.24. The topological polar surface area (TPSA) is 134 Å². The standard InChI is InChI=1S/C28H23Cl2N3O7/c1-4-40-19-11-13(9-10-18(19)34)22-20(23(35)14-12-15(29)26(39-3)21(30)25(14)38-2)24(36)27(37)33(22)28-31-16-7-5-6-8-17(16)32-28/h5-12,22,34-35H,4H2,1-3H3,(H,31,32)/b23-20+. The number of aliphatic hydroxyl groups excluding tert-OH is 1. The van der Waals surface area contributed by atoms with Crippen LogP contribution in [0.2, 0.25) is 10.0 Å². The number of anilines is 1. The predicted molar refractivity (Wildman–Crippen MR) is 150 cm³/mol. The van der Waals surface area contributed by atoms with Gasteiger partial charge in [0.05, 0.1) is 54.1 Å². The average Bonchev–Trinajstić information content (AvgIpc) is 3.48. The van der Waals surface area contributed by atoms with Crippen LogP contribution in [0.1, 0.15) is 24.1 Å². The molecule has 4 aromatic rings. The zero-order valence-electron chi connectivity index (χ0n) is 21.5. The summed E-state index contributed by atoms with van der Waals surface area (Å²) in [5.74, 6) is -2.36. The lowest BCUT2D eigenvalue weighted by atomic mass is 9.94. The number of benzene rings is 3. The van der Waals surface area contributed by atoms with E-state index in [4.69, 9.17) is 37.4 Å². The van der Waals surface area contributed by atoms with E-state index in [2.05, 4.69) is 9.97 Å². The summed E-state index contributed by atoms with van der Waals surface area (Å²) in [6.07, 6.45) is 0. The van der Waals surface area contributed by atoms with Crippen molar-refractivity contribution in [1.82, 2.24) is 9.97 Å². The fourth-order valence-corrected chi connectivity index (χ4v) is 5.37. The molecule has 0 bridgehead atoms. The van der Waals surface area contributed by atoms with E-state index in [1.807, 2.05) is 0 Å². The van der Waals surface area contributed by atoms with Gasteiger partial charge in [-0.25, -0.2) is 4.98 Å². The molecule has 0 spiro atoms. The molecule has 1 fully saturated rings. The number of Topliss-reactive ketones (excluding diaryl/α,β-unsaturated/α-hetero) is 1. The third kappa shape index (κ3) is 4.35. The first-order valence-electron chi connectivity index (χ1n) is 12.0. The Labute approximate surface area is 238 Å². The molecule has 3 N–H and O–H groups in total. The summed E-state index contributed by atoms with van der Waals surface area (Å²) in [6.45, 7) is 2.00. The number of aromatic amines is 1. The van der Waals surface area contributed by atoms with E-state index in [-0.39, 0.29) is 56.7 Å². The number of nitrogens with zero attached hydrogens (tertiary/aromatic N) is 2. The molecule has 3 aromatic carbocycles. The zero-order chi connectivity index (χ0) is 28.7. The van der Waals surface area contributed by atoms with Crippen LogP contribution in [-0.2, 0) is 9.59 Å². The number of rotatable bonds is 7. The number of ether oxygens (including phenoxy) is 3. The van der Waals surface area contributed by atoms with Crippen molar-refractivity contribution in [2.45, 2.75) is 13.0 Å². The molecule has 1 aromatic heterocycles. The Balaban J connectivity index is 1.80. The highest BCUT2D eigenvalue weighted by molar-refractivity contribution is 6.51. The Hall–Kier alpha value is -4.41. The van der Waals surface area contributed by atoms with E-state index in [1.165, 1.54) is 38.5 Å². The number of aromatic nitrogens is 2. The van der Waals surface area contributed by atoms with Crippen molar-refractivity contribution in [3.05, 3.63) is 75.3 Å². The summed E-state index contributed by atoms with van der Waals surface area (Å²) in [5, 5.41) is 21.9. The molecule has 0 saturated carbocycles. The van der Waals surface area contributed by atoms with Gasteiger partial charge in [0.2, 0.25) is 5.95 Å². The van der Waals surface area contributed by atoms with E-state index in [1.54, 1.807) is 31.2 Å². The van der Waals surface area contributed by atoms with Gasteiger partial charge in [-0.3, -0.25) is 14.5 Å². The van der Waals surface area contributed by atoms with Crippen molar-refractivity contribution < 1.29 is 34.0 Å². The maximum absolute atomic E-state index is 13.6. The molecule has 0 aliphatic carbocycles. The van der Waals surface area contributed by atoms with Crippen molar-refractivity contribution in [2.24, 2.45) is 0 Å². The third-order valence-corrected chi connectivity index (χ3v) is 7.07. The van der Waals surface area contributed by atoms with Gasteiger partial charge in [-0.2, -0.15) is 0 Å². The van der Waals surface area contributed by atoms with Crippen LogP contribution in [0.4, 0.5) is 5.95 Å². The van der Waals surface area contributed by atoms with Gasteiger partial charge >= 0.3 is 5.91 Å². The number of hydrogen-bond donors (Lipinski definition) is 3. The largest absolute Gasteiger partial charge is 0.507 e. The summed E-state index contributed by atoms with van der Waals surface area (Å²) in [6, 6.07) is 11.6. The maximum atomic E-state index is 13.6. The van der Waals surface area contributed by atoms with Gasteiger partial charge in [0.1, 0.15) is 10.8 Å². The van der Waals surface area contributed by atoms with Crippen LogP contribution in [0.15, 0.2) is 54.1 Å². The number of aromatic hydroxyl groups is 1. The lowest BCUT2D eigenvalue weighted by molar-refractivity contribution is -0.132. The Kier molecular flexibility index (Phi) is 7.22. The minimum atomic E-state index is -1.19. The number of ketones is 1. The van der Waals surface area contributed by atoms with Gasteiger partial charge in [0.25, 0.3) is 5.78 Å². The Morgan fingerprint density at radius 1 is 1.07 bits per heavy atom. The number of imidazole rings is 1. The summed E-state index contributed by atoms with van der Waals surface area (Å²) >= 11 is 12.8. The summed E-state index contributed by atoms with van der Waals surface area (Å²) in [4.78, 5) is 35.9. The zero-order valence-corrected chi connectivity index (χ0v) is 23.0. The van der Waals surface area contributed by atoms with Gasteiger partial charge < -0.3 is 29.4 Å². The van der Waals surface area contributed by atoms with E-state index in [9.17, 15) is 19.8 Å². The van der Waals surface area contributed by atoms with Crippen molar-refractivity contribution in [3.63, 3.8) is 0 Å². The fourth-order valence-electron chi connectivity index (χ4n) is 4.68. The van der Waals surface area contributed by atoms with Crippen LogP contribution in [-0.4, -0.2) is 52.7 Å². The molecular formula is C28H23Cl2N3O7. The number of para-hydroxylation sites is 2. The molecule has 0 radical (unpaired) electrons. The van der Waals surface area contributed by atoms with Crippen molar-refractivity contribution in [2.75, 3.05) is 25.7 Å². The first kappa shape index (κ1) is 27.2. The number of aliphatic hydroxyl groups is 1. The molecule has 1 saturated heterocycles. The Morgan fingerprint density at radius 3 is 2.48 bits per heavy atom. The number of halogens is 2. The normalized spacial score (nSPS) is 16.5. The van der Waals surface area contributed by atoms with Crippen LogP contribution in [0.5, 0.6) is 23.0 Å². The molecule has 1 aliphatic rings. The molecule has 2 heterocycles. The molecule has 5 rings (SSSR count). The molecule has 10 nitrogen and oxygen atoms in total. The molecule has 1 aliphatic heterocycles. The second-order valence-corrected chi connectivity index (χ2v) is 9.48. The molecule has 12 heteroatoms. The second kappa shape index (κ2) is 10.6. The number of phenols is 1. The van der Waals surface area contributed by atoms with Crippen LogP contribution in [0.25, 0.3) is 16.8 Å². The fraction of sp³-hybridized carbons (Fsp3) is 0.179. The van der Waals surface area contributed by atoms with Gasteiger partial charge in [0, 0.05) is 0 Å². The molecule has 1 unspecified atom stereocenters. The minimum Gasteiger partial charge on any atom is -0.507 e. The number of nitrogens with one attached hydrogen (secondary N) is 1. The number of fused-ring (bicyclic) bond motifs is 1. The number of carbonyl (C=O) groups is 2. The van der Waals surface area contributed by atoms with Crippen molar-refractivity contribution in [1.29, 1.82) is 0 Å². The number of amides is 1. The number of carbonyl (C=O) groups excluding carboxylic acids is 2. The van der Waals surface area contributed by atoms with E-state index in [0.717, 1.165) is 4.90 Å². The Bertz CT molecular complexity index is 1670. The van der Waals surface area contributed by atoms with E-state index < -0.39 is 23.5 Å². The Morgan fingerprint density at radius 2 is 1.80 bits per heavy atom. The van der Waals surface area contributed by atoms with Gasteiger partial charge in [0.15, 0.2) is 23.0 Å². The van der Waals surface area contributed by atoms with Crippen LogP contribution in [0, 0.1) is 0 Å². The molecule has 1 atom stereocenters. The van der Waals surface area contributed by atoms with Crippen LogP contribution >= 0.6 is 23.2 Å². The number of hydrogen-bond acceptors (Lipinski definition) is 8. The summed E-state index contributed by atoms with van der Waals surface area (Å²) < 4.78 is 16.2. The lowest BCUT2D eigenvalue weighted by Crippen LogP contribution is -2.30. The first-order chi connectivity index (χ1) is 19.2. The molecule has 206 valence electrons. The minimum absolute atomic E-state index is 0.0187.